The Morgan fingerprint density at radius 2 is 2.10 bits per heavy atom. The van der Waals surface area contributed by atoms with E-state index in [-0.39, 0.29) is 11.1 Å². The Balaban J connectivity index is 2.93. The predicted octanol–water partition coefficient (Wildman–Crippen LogP) is 4.71. The first-order valence-corrected chi connectivity index (χ1v) is 7.78. The summed E-state index contributed by atoms with van der Waals surface area (Å²) in [6.07, 6.45) is 4.37. The summed E-state index contributed by atoms with van der Waals surface area (Å²) in [7, 11) is 0. The van der Waals surface area contributed by atoms with Gasteiger partial charge in [0, 0.05) is 6.54 Å². The highest BCUT2D eigenvalue weighted by Crippen LogP contribution is 2.33. The molecule has 0 amide bonds. The molecular weight excluding hydrogens is 277 g/mol. The van der Waals surface area contributed by atoms with Crippen LogP contribution in [0.15, 0.2) is 18.2 Å². The van der Waals surface area contributed by atoms with Gasteiger partial charge in [0.25, 0.3) is 0 Å². The van der Waals surface area contributed by atoms with Crippen molar-refractivity contribution in [3.8, 4) is 0 Å². The second kappa shape index (κ2) is 9.32. The van der Waals surface area contributed by atoms with E-state index in [0.29, 0.717) is 19.1 Å². The number of unbranched alkanes of at least 4 members (excludes halogenated alkanes) is 1. The van der Waals surface area contributed by atoms with Gasteiger partial charge in [0.15, 0.2) is 0 Å². The topological polar surface area (TPSA) is 35.2 Å². The largest absolute Gasteiger partial charge is 0.372 e. The van der Waals surface area contributed by atoms with E-state index in [2.05, 4.69) is 13.8 Å². The van der Waals surface area contributed by atoms with Crippen molar-refractivity contribution < 1.29 is 9.13 Å². The van der Waals surface area contributed by atoms with Crippen LogP contribution in [0.2, 0.25) is 5.02 Å². The monoisotopic (exact) mass is 301 g/mol. The molecular formula is C16H25ClFNO. The third kappa shape index (κ3) is 5.04. The van der Waals surface area contributed by atoms with Crippen molar-refractivity contribution in [3.05, 3.63) is 34.6 Å². The van der Waals surface area contributed by atoms with Gasteiger partial charge in [0.1, 0.15) is 5.82 Å². The highest BCUT2D eigenvalue weighted by Gasteiger charge is 2.23. The molecule has 1 aromatic carbocycles. The molecule has 1 rings (SSSR count). The number of nitrogens with two attached hydrogens (primary N) is 1. The second-order valence-corrected chi connectivity index (χ2v) is 5.47. The van der Waals surface area contributed by atoms with E-state index in [1.165, 1.54) is 6.07 Å². The van der Waals surface area contributed by atoms with Gasteiger partial charge in [-0.2, -0.15) is 0 Å². The number of ether oxygens (including phenoxy) is 1. The van der Waals surface area contributed by atoms with E-state index in [0.717, 1.165) is 31.2 Å². The highest BCUT2D eigenvalue weighted by molar-refractivity contribution is 6.30. The van der Waals surface area contributed by atoms with Gasteiger partial charge in [-0.15, -0.1) is 0 Å². The molecule has 0 spiro atoms. The van der Waals surface area contributed by atoms with Gasteiger partial charge in [-0.25, -0.2) is 4.39 Å². The van der Waals surface area contributed by atoms with Crippen molar-refractivity contribution in [3.63, 3.8) is 0 Å². The summed E-state index contributed by atoms with van der Waals surface area (Å²) in [5, 5.41) is 0.147. The average Bonchev–Trinajstić information content (AvgIpc) is 2.45. The molecule has 0 aromatic heterocycles. The molecule has 2 atom stereocenters. The summed E-state index contributed by atoms with van der Waals surface area (Å²) in [4.78, 5) is 0. The molecule has 20 heavy (non-hydrogen) atoms. The third-order valence-electron chi connectivity index (χ3n) is 3.57. The SMILES string of the molecule is CCCC[C@H](CC)[C@@H](OCCN)c1ccc(F)c(Cl)c1. The smallest absolute Gasteiger partial charge is 0.141 e. The maximum absolute atomic E-state index is 13.3. The number of halogens is 2. The molecule has 2 nitrogen and oxygen atoms in total. The minimum absolute atomic E-state index is 0.0619. The summed E-state index contributed by atoms with van der Waals surface area (Å²) < 4.78 is 19.2. The van der Waals surface area contributed by atoms with E-state index in [1.807, 2.05) is 0 Å². The molecule has 0 aliphatic heterocycles. The number of hydrogen-bond acceptors (Lipinski definition) is 2. The molecule has 0 fully saturated rings. The Kier molecular flexibility index (Phi) is 8.12. The molecule has 0 saturated carbocycles. The molecule has 1 aromatic rings. The zero-order valence-electron chi connectivity index (χ0n) is 12.4. The fourth-order valence-electron chi connectivity index (χ4n) is 2.42. The number of hydrogen-bond donors (Lipinski definition) is 1. The summed E-state index contributed by atoms with van der Waals surface area (Å²) in [5.74, 6) is 0.0117. The Hall–Kier alpha value is -0.640. The Bertz CT molecular complexity index is 400. The molecule has 4 heteroatoms. The van der Waals surface area contributed by atoms with E-state index in [9.17, 15) is 4.39 Å². The normalized spacial score (nSPS) is 14.2. The van der Waals surface area contributed by atoms with Crippen LogP contribution >= 0.6 is 11.6 Å². The zero-order valence-corrected chi connectivity index (χ0v) is 13.1. The lowest BCUT2D eigenvalue weighted by Crippen LogP contribution is -2.20. The number of benzene rings is 1. The minimum atomic E-state index is -0.394. The van der Waals surface area contributed by atoms with Crippen LogP contribution < -0.4 is 5.73 Å². The van der Waals surface area contributed by atoms with E-state index in [1.54, 1.807) is 12.1 Å². The highest BCUT2D eigenvalue weighted by atomic mass is 35.5. The maximum atomic E-state index is 13.3. The standard InChI is InChI=1S/C16H25ClFNO/c1-3-5-6-12(4-2)16(20-10-9-19)13-7-8-15(18)14(17)11-13/h7-8,11-12,16H,3-6,9-10,19H2,1-2H3/t12-,16+/m0/s1. The molecule has 0 unspecified atom stereocenters. The van der Waals surface area contributed by atoms with Crippen molar-refractivity contribution >= 4 is 11.6 Å². The van der Waals surface area contributed by atoms with Crippen molar-refractivity contribution in [2.45, 2.75) is 45.6 Å². The van der Waals surface area contributed by atoms with Crippen LogP contribution in [0.1, 0.15) is 51.2 Å². The molecule has 2 N–H and O–H groups in total. The van der Waals surface area contributed by atoms with Crippen LogP contribution in [0.25, 0.3) is 0 Å². The van der Waals surface area contributed by atoms with Gasteiger partial charge in [0.05, 0.1) is 17.7 Å². The fraction of sp³-hybridized carbons (Fsp3) is 0.625. The lowest BCUT2D eigenvalue weighted by atomic mass is 9.89. The fourth-order valence-corrected chi connectivity index (χ4v) is 2.61. The summed E-state index contributed by atoms with van der Waals surface area (Å²) >= 11 is 5.89. The molecule has 0 saturated heterocycles. The molecule has 0 radical (unpaired) electrons. The predicted molar refractivity (Wildman–Crippen MR) is 82.5 cm³/mol. The third-order valence-corrected chi connectivity index (χ3v) is 3.86. The Labute approximate surface area is 126 Å². The first kappa shape index (κ1) is 17.4. The quantitative estimate of drug-likeness (QED) is 0.717. The van der Waals surface area contributed by atoms with Crippen molar-refractivity contribution in [2.75, 3.05) is 13.2 Å². The second-order valence-electron chi connectivity index (χ2n) is 5.06. The van der Waals surface area contributed by atoms with Crippen LogP contribution in [0.4, 0.5) is 4.39 Å². The van der Waals surface area contributed by atoms with Gasteiger partial charge < -0.3 is 10.5 Å². The van der Waals surface area contributed by atoms with Gasteiger partial charge in [-0.1, -0.05) is 50.8 Å². The summed E-state index contributed by atoms with van der Waals surface area (Å²) in [6, 6.07) is 4.84. The van der Waals surface area contributed by atoms with Crippen LogP contribution in [-0.2, 0) is 4.74 Å². The zero-order chi connectivity index (χ0) is 15.0. The molecule has 0 aliphatic rings. The Morgan fingerprint density at radius 1 is 1.35 bits per heavy atom. The molecule has 0 heterocycles. The van der Waals surface area contributed by atoms with Gasteiger partial charge in [-0.05, 0) is 30.0 Å². The van der Waals surface area contributed by atoms with Gasteiger partial charge >= 0.3 is 0 Å². The van der Waals surface area contributed by atoms with Gasteiger partial charge in [-0.3, -0.25) is 0 Å². The van der Waals surface area contributed by atoms with Crippen LogP contribution in [0.3, 0.4) is 0 Å². The van der Waals surface area contributed by atoms with E-state index >= 15 is 0 Å². The van der Waals surface area contributed by atoms with Crippen LogP contribution in [0, 0.1) is 11.7 Å². The van der Waals surface area contributed by atoms with Crippen molar-refractivity contribution in [2.24, 2.45) is 11.7 Å². The average molecular weight is 302 g/mol. The maximum Gasteiger partial charge on any atom is 0.141 e. The molecule has 114 valence electrons. The summed E-state index contributed by atoms with van der Waals surface area (Å²) in [5.41, 5.74) is 6.48. The van der Waals surface area contributed by atoms with Crippen LogP contribution in [-0.4, -0.2) is 13.2 Å². The first-order chi connectivity index (χ1) is 9.63. The Morgan fingerprint density at radius 3 is 2.65 bits per heavy atom. The van der Waals surface area contributed by atoms with Crippen LogP contribution in [0.5, 0.6) is 0 Å². The molecule has 0 bridgehead atoms. The summed E-state index contributed by atoms with van der Waals surface area (Å²) in [6.45, 7) is 5.32. The van der Waals surface area contributed by atoms with E-state index < -0.39 is 5.82 Å². The first-order valence-electron chi connectivity index (χ1n) is 7.40. The molecule has 0 aliphatic carbocycles. The lowest BCUT2D eigenvalue weighted by Gasteiger charge is -2.27. The van der Waals surface area contributed by atoms with Gasteiger partial charge in [0.2, 0.25) is 0 Å². The van der Waals surface area contributed by atoms with Crippen molar-refractivity contribution in [1.82, 2.24) is 0 Å². The minimum Gasteiger partial charge on any atom is -0.372 e. The van der Waals surface area contributed by atoms with E-state index in [4.69, 9.17) is 22.1 Å². The lowest BCUT2D eigenvalue weighted by molar-refractivity contribution is 0.00997. The van der Waals surface area contributed by atoms with Crippen molar-refractivity contribution in [1.29, 1.82) is 0 Å². The number of rotatable bonds is 9.